The second-order valence-electron chi connectivity index (χ2n) is 20.1. The fourth-order valence-corrected chi connectivity index (χ4v) is 10.8. The molecule has 10 rings (SSSR count). The lowest BCUT2D eigenvalue weighted by Gasteiger charge is -2.57. The van der Waals surface area contributed by atoms with Gasteiger partial charge in [0.25, 0.3) is 5.91 Å². The van der Waals surface area contributed by atoms with Crippen LogP contribution in [0, 0.1) is 45.8 Å². The van der Waals surface area contributed by atoms with E-state index in [4.69, 9.17) is 28.6 Å². The maximum absolute atomic E-state index is 15.0. The lowest BCUT2D eigenvalue weighted by Crippen LogP contribution is -2.70. The highest BCUT2D eigenvalue weighted by molar-refractivity contribution is 5.95. The number of ether oxygens (including phenoxy) is 3. The predicted octanol–water partition coefficient (Wildman–Crippen LogP) is 5.92. The molecule has 5 fully saturated rings. The Morgan fingerprint density at radius 3 is 2.59 bits per heavy atom. The van der Waals surface area contributed by atoms with E-state index >= 15 is 0 Å². The molecule has 2 amide bonds. The van der Waals surface area contributed by atoms with Crippen LogP contribution in [-0.2, 0) is 35.0 Å². The average Bonchev–Trinajstić information content (AvgIpc) is 3.50. The zero-order valence-corrected chi connectivity index (χ0v) is 37.1. The minimum Gasteiger partial charge on any atom is -0.464 e. The van der Waals surface area contributed by atoms with Crippen LogP contribution in [0.3, 0.4) is 0 Å². The second-order valence-corrected chi connectivity index (χ2v) is 20.1. The zero-order valence-electron chi connectivity index (χ0n) is 37.1. The number of esters is 1. The minimum atomic E-state index is -1.06. The number of amides is 2. The van der Waals surface area contributed by atoms with E-state index in [9.17, 15) is 19.6 Å². The standard InChI is InChI=1S/C48H58N8O7/c1-26-27(2)38(26)43(57)52-40-42(54-21-48(22-54)24-61-25-48)44-51-36(20-62-44)30-11-12-37-33(17-30)34(18-47(4,5)23-63-46(59)35-10-8-14-55(53-35)45(40)58)41(56(37)31-15-29(16-31)19-49)32-9-7-13-50-39(32)28(3)60-6/h7,9,11-13,17,20,26-29,31,35,38,40,42,53H,8,10,14-16,18,21-25H2,1-6H3,(H,52,57)/t26-,27+,28-,29?,31?,35-,38?,40-,42-/m0/s1. The molecule has 6 aliphatic rings. The van der Waals surface area contributed by atoms with Crippen molar-refractivity contribution < 1.29 is 33.0 Å². The average molecular weight is 859 g/mol. The first kappa shape index (κ1) is 41.8. The van der Waals surface area contributed by atoms with Crippen molar-refractivity contribution in [1.82, 2.24) is 35.2 Å². The SMILES string of the molecule is CO[C@@H](C)c1ncccc1-c1c2c3cc(ccc3n1C1CC(C#N)C1)-c1coc(n1)[C@@H](N1CC3(COC3)C1)[C@H](NC(=O)C1[C@@H](C)[C@H]1C)C(=O)N1CCC[C@H](N1)C(=O)OCC(C)(C)C2. The topological polar surface area (TPSA) is 177 Å². The van der Waals surface area contributed by atoms with Gasteiger partial charge in [0, 0.05) is 77.8 Å². The molecule has 7 atom stereocenters. The molecule has 1 aromatic carbocycles. The van der Waals surface area contributed by atoms with Gasteiger partial charge in [0.05, 0.1) is 49.3 Å². The number of nitriles is 1. The summed E-state index contributed by atoms with van der Waals surface area (Å²) in [5, 5.41) is 15.6. The number of cyclic esters (lactones) is 1. The number of rotatable bonds is 7. The number of benzene rings is 1. The third-order valence-electron chi connectivity index (χ3n) is 15.0. The first-order valence-corrected chi connectivity index (χ1v) is 22.7. The number of nitrogens with one attached hydrogen (secondary N) is 2. The number of methoxy groups -OCH3 is 1. The Labute approximate surface area is 367 Å². The molecule has 7 heterocycles. The van der Waals surface area contributed by atoms with E-state index in [1.54, 1.807) is 19.6 Å². The summed E-state index contributed by atoms with van der Waals surface area (Å²) in [5.74, 6) is -0.484. The summed E-state index contributed by atoms with van der Waals surface area (Å²) in [6, 6.07) is 10.4. The van der Waals surface area contributed by atoms with Gasteiger partial charge in [0.15, 0.2) is 0 Å². The van der Waals surface area contributed by atoms with Crippen molar-refractivity contribution in [2.75, 3.05) is 46.6 Å². The summed E-state index contributed by atoms with van der Waals surface area (Å²) in [6.45, 7) is 13.4. The number of aromatic nitrogens is 3. The summed E-state index contributed by atoms with van der Waals surface area (Å²) in [4.78, 5) is 55.2. The van der Waals surface area contributed by atoms with Gasteiger partial charge in [-0.2, -0.15) is 5.26 Å². The number of fused-ring (bicyclic) bond motifs is 6. The zero-order chi connectivity index (χ0) is 43.9. The smallest absolute Gasteiger partial charge is 0.324 e. The monoisotopic (exact) mass is 858 g/mol. The maximum atomic E-state index is 15.0. The van der Waals surface area contributed by atoms with E-state index in [0.717, 1.165) is 51.8 Å². The highest BCUT2D eigenvalue weighted by atomic mass is 16.5. The Bertz CT molecular complexity index is 2480. The van der Waals surface area contributed by atoms with Gasteiger partial charge < -0.3 is 28.5 Å². The molecule has 0 radical (unpaired) electrons. The van der Waals surface area contributed by atoms with Crippen LogP contribution in [-0.4, -0.2) is 101 Å². The van der Waals surface area contributed by atoms with E-state index in [-0.39, 0.29) is 59.7 Å². The summed E-state index contributed by atoms with van der Waals surface area (Å²) >= 11 is 0. The highest BCUT2D eigenvalue weighted by Gasteiger charge is 2.56. The number of carbonyl (C=O) groups excluding carboxylic acids is 3. The third kappa shape index (κ3) is 7.32. The van der Waals surface area contributed by atoms with Crippen molar-refractivity contribution in [2.45, 2.75) is 97.0 Å². The number of hydrazine groups is 1. The number of nitrogens with zero attached hydrogens (tertiary/aromatic N) is 6. The lowest BCUT2D eigenvalue weighted by atomic mass is 9.76. The van der Waals surface area contributed by atoms with Gasteiger partial charge in [-0.05, 0) is 80.7 Å². The molecule has 3 saturated heterocycles. The molecule has 63 heavy (non-hydrogen) atoms. The summed E-state index contributed by atoms with van der Waals surface area (Å²) < 4.78 is 26.5. The highest BCUT2D eigenvalue weighted by Crippen LogP contribution is 2.50. The number of likely N-dealkylation sites (tertiary alicyclic amines) is 1. The molecule has 4 aromatic rings. The van der Waals surface area contributed by atoms with Crippen molar-refractivity contribution in [3.63, 3.8) is 0 Å². The van der Waals surface area contributed by atoms with Gasteiger partial charge in [0.2, 0.25) is 11.8 Å². The maximum Gasteiger partial charge on any atom is 0.324 e. The van der Waals surface area contributed by atoms with E-state index in [1.807, 2.05) is 13.0 Å². The van der Waals surface area contributed by atoms with Crippen molar-refractivity contribution in [2.24, 2.45) is 34.5 Å². The molecule has 3 aromatic heterocycles. The van der Waals surface area contributed by atoms with Crippen LogP contribution in [0.5, 0.6) is 0 Å². The van der Waals surface area contributed by atoms with Crippen LogP contribution in [0.1, 0.15) is 95.6 Å². The fourth-order valence-electron chi connectivity index (χ4n) is 10.8. The molecule has 1 spiro atoms. The van der Waals surface area contributed by atoms with Crippen LogP contribution in [0.15, 0.2) is 47.2 Å². The Balaban J connectivity index is 1.14. The van der Waals surface area contributed by atoms with Crippen LogP contribution in [0.2, 0.25) is 0 Å². The molecule has 2 saturated carbocycles. The summed E-state index contributed by atoms with van der Waals surface area (Å²) in [5.41, 5.74) is 8.96. The minimum absolute atomic E-state index is 0.0141. The van der Waals surface area contributed by atoms with Gasteiger partial charge in [-0.15, -0.1) is 0 Å². The third-order valence-corrected chi connectivity index (χ3v) is 15.0. The Hall–Kier alpha value is -5.14. The fraction of sp³-hybridized carbons (Fsp3) is 0.583. The molecular formula is C48H58N8O7. The molecule has 2 N–H and O–H groups in total. The second kappa shape index (κ2) is 15.8. The van der Waals surface area contributed by atoms with Crippen LogP contribution in [0.4, 0.5) is 0 Å². The molecule has 1 unspecified atom stereocenters. The van der Waals surface area contributed by atoms with Gasteiger partial charge in [0.1, 0.15) is 30.1 Å². The van der Waals surface area contributed by atoms with Crippen molar-refractivity contribution in [1.29, 1.82) is 5.26 Å². The number of hydrogen-bond donors (Lipinski definition) is 2. The van der Waals surface area contributed by atoms with Gasteiger partial charge >= 0.3 is 5.97 Å². The first-order chi connectivity index (χ1) is 30.3. The Morgan fingerprint density at radius 2 is 1.89 bits per heavy atom. The van der Waals surface area contributed by atoms with Crippen molar-refractivity contribution in [3.05, 3.63) is 59.9 Å². The Morgan fingerprint density at radius 1 is 1.11 bits per heavy atom. The van der Waals surface area contributed by atoms with E-state index in [1.165, 1.54) is 5.01 Å². The normalized spacial score (nSPS) is 30.6. The van der Waals surface area contributed by atoms with E-state index < -0.39 is 29.5 Å². The van der Waals surface area contributed by atoms with Gasteiger partial charge in [-0.3, -0.25) is 29.3 Å². The molecule has 15 nitrogen and oxygen atoms in total. The first-order valence-electron chi connectivity index (χ1n) is 22.7. The lowest BCUT2D eigenvalue weighted by molar-refractivity contribution is -0.204. The molecule has 15 heteroatoms. The van der Waals surface area contributed by atoms with Crippen molar-refractivity contribution >= 4 is 28.7 Å². The number of oxazole rings is 1. The largest absolute Gasteiger partial charge is 0.464 e. The van der Waals surface area contributed by atoms with E-state index in [0.29, 0.717) is 63.7 Å². The van der Waals surface area contributed by atoms with Gasteiger partial charge in [-0.25, -0.2) is 10.4 Å². The quantitative estimate of drug-likeness (QED) is 0.210. The van der Waals surface area contributed by atoms with Gasteiger partial charge in [-0.1, -0.05) is 33.8 Å². The van der Waals surface area contributed by atoms with Crippen LogP contribution < -0.4 is 10.7 Å². The molecule has 332 valence electrons. The summed E-state index contributed by atoms with van der Waals surface area (Å²) in [6.07, 6.45) is 6.20. The van der Waals surface area contributed by atoms with Crippen molar-refractivity contribution in [3.8, 4) is 28.6 Å². The number of pyridine rings is 1. The number of carbonyl (C=O) groups is 3. The Kier molecular flexibility index (Phi) is 10.5. The molecule has 6 bridgehead atoms. The molecule has 2 aliphatic carbocycles. The predicted molar refractivity (Wildman–Crippen MR) is 231 cm³/mol. The number of hydrogen-bond acceptors (Lipinski definition) is 12. The molecule has 4 aliphatic heterocycles. The van der Waals surface area contributed by atoms with Crippen LogP contribution in [0.25, 0.3) is 33.4 Å². The van der Waals surface area contributed by atoms with E-state index in [2.05, 4.69) is 78.2 Å². The summed E-state index contributed by atoms with van der Waals surface area (Å²) in [7, 11) is 1.69. The molecular weight excluding hydrogens is 801 g/mol. The van der Waals surface area contributed by atoms with Crippen LogP contribution >= 0.6 is 0 Å².